The maximum Gasteiger partial charge on any atom is 0.163 e. The van der Waals surface area contributed by atoms with E-state index >= 15 is 0 Å². The van der Waals surface area contributed by atoms with Gasteiger partial charge >= 0.3 is 0 Å². The molecule has 3 aromatic rings. The molecule has 1 aliphatic rings. The fourth-order valence-electron chi connectivity index (χ4n) is 2.56. The number of aromatic nitrogens is 2. The number of halogens is 1. The predicted octanol–water partition coefficient (Wildman–Crippen LogP) is 3.27. The van der Waals surface area contributed by atoms with Gasteiger partial charge in [0, 0.05) is 11.5 Å². The fourth-order valence-corrected chi connectivity index (χ4v) is 2.56. The van der Waals surface area contributed by atoms with Crippen molar-refractivity contribution in [2.24, 2.45) is 0 Å². The standard InChI is InChI=1S/C18H12FN3O2/c1-2-11-4-3-5-13(17(11)19)22-18-12-8-15-16(24-7-6-23-15)9-14(12)20-10-21-18/h1,3-5,8-10H,6-7H2,(H,20,21,22). The Bertz CT molecular complexity index is 982. The first-order valence-corrected chi connectivity index (χ1v) is 7.33. The van der Waals surface area contributed by atoms with Crippen LogP contribution in [0, 0.1) is 18.2 Å². The lowest BCUT2D eigenvalue weighted by Crippen LogP contribution is -2.15. The Kier molecular flexibility index (Phi) is 3.39. The number of benzene rings is 2. The molecule has 0 saturated heterocycles. The lowest BCUT2D eigenvalue weighted by Gasteiger charge is -2.19. The van der Waals surface area contributed by atoms with Gasteiger partial charge in [0.1, 0.15) is 25.4 Å². The first kappa shape index (κ1) is 14.3. The molecule has 0 unspecified atom stereocenters. The Morgan fingerprint density at radius 2 is 1.92 bits per heavy atom. The molecule has 0 radical (unpaired) electrons. The van der Waals surface area contributed by atoms with Gasteiger partial charge in [0.25, 0.3) is 0 Å². The topological polar surface area (TPSA) is 56.3 Å². The number of fused-ring (bicyclic) bond motifs is 2. The van der Waals surface area contributed by atoms with Gasteiger partial charge < -0.3 is 14.8 Å². The van der Waals surface area contributed by atoms with Crippen LogP contribution in [0.2, 0.25) is 0 Å². The summed E-state index contributed by atoms with van der Waals surface area (Å²) in [6.07, 6.45) is 6.71. The highest BCUT2D eigenvalue weighted by Crippen LogP contribution is 2.36. The second-order valence-electron chi connectivity index (χ2n) is 5.17. The monoisotopic (exact) mass is 321 g/mol. The van der Waals surface area contributed by atoms with Gasteiger partial charge in [0.2, 0.25) is 0 Å². The fraction of sp³-hybridized carbons (Fsp3) is 0.111. The van der Waals surface area contributed by atoms with Crippen LogP contribution >= 0.6 is 0 Å². The van der Waals surface area contributed by atoms with Gasteiger partial charge in [-0.25, -0.2) is 14.4 Å². The van der Waals surface area contributed by atoms with E-state index in [1.165, 1.54) is 6.33 Å². The van der Waals surface area contributed by atoms with Crippen LogP contribution in [-0.2, 0) is 0 Å². The molecule has 0 bridgehead atoms. The number of hydrogen-bond acceptors (Lipinski definition) is 5. The van der Waals surface area contributed by atoms with Gasteiger partial charge in [-0.05, 0) is 18.2 Å². The highest BCUT2D eigenvalue weighted by atomic mass is 19.1. The van der Waals surface area contributed by atoms with Gasteiger partial charge in [0.15, 0.2) is 17.3 Å². The molecule has 0 atom stereocenters. The second kappa shape index (κ2) is 5.70. The van der Waals surface area contributed by atoms with Crippen molar-refractivity contribution in [1.82, 2.24) is 9.97 Å². The molecule has 1 N–H and O–H groups in total. The van der Waals surface area contributed by atoms with Crippen LogP contribution in [0.15, 0.2) is 36.7 Å². The van der Waals surface area contributed by atoms with Crippen molar-refractivity contribution in [3.8, 4) is 23.8 Å². The zero-order chi connectivity index (χ0) is 16.5. The number of nitrogens with one attached hydrogen (secondary N) is 1. The zero-order valence-corrected chi connectivity index (χ0v) is 12.5. The van der Waals surface area contributed by atoms with Crippen LogP contribution in [-0.4, -0.2) is 23.2 Å². The van der Waals surface area contributed by atoms with E-state index in [2.05, 4.69) is 21.2 Å². The maximum absolute atomic E-state index is 14.3. The van der Waals surface area contributed by atoms with Crippen molar-refractivity contribution in [3.05, 3.63) is 48.0 Å². The molecule has 2 heterocycles. The third kappa shape index (κ3) is 2.36. The number of hydrogen-bond donors (Lipinski definition) is 1. The first-order chi connectivity index (χ1) is 11.8. The predicted molar refractivity (Wildman–Crippen MR) is 88.1 cm³/mol. The summed E-state index contributed by atoms with van der Waals surface area (Å²) in [5.74, 6) is 3.54. The van der Waals surface area contributed by atoms with Crippen LogP contribution in [0.1, 0.15) is 5.56 Å². The Morgan fingerprint density at radius 1 is 1.12 bits per heavy atom. The summed E-state index contributed by atoms with van der Waals surface area (Å²) in [5, 5.41) is 3.68. The Balaban J connectivity index is 1.81. The molecule has 2 aromatic carbocycles. The minimum atomic E-state index is -0.496. The second-order valence-corrected chi connectivity index (χ2v) is 5.17. The largest absolute Gasteiger partial charge is 0.486 e. The highest BCUT2D eigenvalue weighted by Gasteiger charge is 2.16. The van der Waals surface area contributed by atoms with Crippen molar-refractivity contribution in [3.63, 3.8) is 0 Å². The molecule has 4 rings (SSSR count). The summed E-state index contributed by atoms with van der Waals surface area (Å²) < 4.78 is 25.5. The third-order valence-corrected chi connectivity index (χ3v) is 3.71. The van der Waals surface area contributed by atoms with E-state index in [9.17, 15) is 4.39 Å². The van der Waals surface area contributed by atoms with Crippen LogP contribution in [0.5, 0.6) is 11.5 Å². The van der Waals surface area contributed by atoms with Crippen molar-refractivity contribution in [2.75, 3.05) is 18.5 Å². The molecule has 118 valence electrons. The highest BCUT2D eigenvalue weighted by molar-refractivity contribution is 5.93. The zero-order valence-electron chi connectivity index (χ0n) is 12.5. The van der Waals surface area contributed by atoms with Crippen LogP contribution in [0.4, 0.5) is 15.9 Å². The summed E-state index contributed by atoms with van der Waals surface area (Å²) in [6, 6.07) is 8.39. The molecule has 5 nitrogen and oxygen atoms in total. The van der Waals surface area contributed by atoms with Gasteiger partial charge in [0.05, 0.1) is 16.8 Å². The molecule has 1 aliphatic heterocycles. The molecule has 1 aromatic heterocycles. The van der Waals surface area contributed by atoms with E-state index in [1.807, 2.05) is 0 Å². The molecule has 6 heteroatoms. The molecule has 0 spiro atoms. The number of rotatable bonds is 2. The molecule has 0 fully saturated rings. The normalized spacial score (nSPS) is 12.7. The van der Waals surface area contributed by atoms with E-state index in [1.54, 1.807) is 30.3 Å². The summed E-state index contributed by atoms with van der Waals surface area (Å²) >= 11 is 0. The maximum atomic E-state index is 14.3. The van der Waals surface area contributed by atoms with Crippen molar-refractivity contribution < 1.29 is 13.9 Å². The summed E-state index contributed by atoms with van der Waals surface area (Å²) in [7, 11) is 0. The summed E-state index contributed by atoms with van der Waals surface area (Å²) in [4.78, 5) is 8.45. The molecule has 0 saturated carbocycles. The SMILES string of the molecule is C#Cc1cccc(Nc2ncnc3cc4c(cc23)OCCO4)c1F. The van der Waals surface area contributed by atoms with Gasteiger partial charge in [-0.2, -0.15) is 0 Å². The minimum Gasteiger partial charge on any atom is -0.486 e. The van der Waals surface area contributed by atoms with E-state index in [-0.39, 0.29) is 11.3 Å². The van der Waals surface area contributed by atoms with Crippen molar-refractivity contribution in [1.29, 1.82) is 0 Å². The van der Waals surface area contributed by atoms with E-state index in [0.717, 1.165) is 0 Å². The molecular formula is C18H12FN3O2. The number of anilines is 2. The lowest BCUT2D eigenvalue weighted by atomic mass is 10.1. The molecule has 0 aliphatic carbocycles. The molecule has 24 heavy (non-hydrogen) atoms. The van der Waals surface area contributed by atoms with Crippen LogP contribution in [0.3, 0.4) is 0 Å². The van der Waals surface area contributed by atoms with Gasteiger partial charge in [-0.1, -0.05) is 12.0 Å². The number of terminal acetylenes is 1. The summed E-state index contributed by atoms with van der Waals surface area (Å²) in [6.45, 7) is 0.979. The van der Waals surface area contributed by atoms with Crippen LogP contribution in [0.25, 0.3) is 10.9 Å². The smallest absolute Gasteiger partial charge is 0.163 e. The average Bonchev–Trinajstić information content (AvgIpc) is 2.62. The first-order valence-electron chi connectivity index (χ1n) is 7.33. The summed E-state index contributed by atoms with van der Waals surface area (Å²) in [5.41, 5.74) is 1.11. The van der Waals surface area contributed by atoms with Crippen molar-refractivity contribution >= 4 is 22.4 Å². The van der Waals surface area contributed by atoms with Gasteiger partial charge in [-0.3, -0.25) is 0 Å². The Morgan fingerprint density at radius 3 is 2.71 bits per heavy atom. The minimum absolute atomic E-state index is 0.187. The van der Waals surface area contributed by atoms with E-state index in [0.29, 0.717) is 41.4 Å². The Hall–Kier alpha value is -3.33. The quantitative estimate of drug-likeness (QED) is 0.734. The average molecular weight is 321 g/mol. The van der Waals surface area contributed by atoms with Gasteiger partial charge in [-0.15, -0.1) is 6.42 Å². The van der Waals surface area contributed by atoms with E-state index in [4.69, 9.17) is 15.9 Å². The van der Waals surface area contributed by atoms with E-state index < -0.39 is 5.82 Å². The lowest BCUT2D eigenvalue weighted by molar-refractivity contribution is 0.172. The number of ether oxygens (including phenoxy) is 2. The van der Waals surface area contributed by atoms with Crippen LogP contribution < -0.4 is 14.8 Å². The third-order valence-electron chi connectivity index (χ3n) is 3.71. The van der Waals surface area contributed by atoms with Crippen molar-refractivity contribution in [2.45, 2.75) is 0 Å². The molecular weight excluding hydrogens is 309 g/mol. The Labute approximate surface area is 137 Å². The number of nitrogens with zero attached hydrogens (tertiary/aromatic N) is 2. The molecule has 0 amide bonds.